The molecule has 5 rings (SSSR count). The molecule has 0 radical (unpaired) electrons. The topological polar surface area (TPSA) is 46.9 Å². The molecule has 3 aliphatic rings. The number of fused-ring (bicyclic) bond motifs is 2. The van der Waals surface area contributed by atoms with Gasteiger partial charge in [-0.3, -0.25) is 9.69 Å². The molecule has 0 atom stereocenters. The van der Waals surface area contributed by atoms with E-state index in [1.165, 1.54) is 23.5 Å². The van der Waals surface area contributed by atoms with Gasteiger partial charge in [-0.2, -0.15) is 13.2 Å². The monoisotopic (exact) mass is 505 g/mol. The summed E-state index contributed by atoms with van der Waals surface area (Å²) in [6.45, 7) is 6.68. The molecular weight excluding hydrogens is 471 g/mol. The van der Waals surface area contributed by atoms with Crippen LogP contribution in [-0.4, -0.2) is 59.7 Å². The standard InChI is InChI=1S/C27H34F3N3O3/c1-18(2)36-21-7-6-20(16-22(21)35-3)25(34)31-12-10-26(11-13-31)23-8-9-24(27(28,29)30)33(23)15-14-32(26)17-19-4-5-19/h6-9,16,18-19H,4-5,10-15,17H2,1-3H3. The molecular formula is C27H34F3N3O3. The van der Waals surface area contributed by atoms with Crippen molar-refractivity contribution < 1.29 is 27.4 Å². The fourth-order valence-electron chi connectivity index (χ4n) is 5.82. The van der Waals surface area contributed by atoms with Gasteiger partial charge in [-0.15, -0.1) is 0 Å². The second kappa shape index (κ2) is 9.32. The number of piperidine rings is 1. The van der Waals surface area contributed by atoms with Gasteiger partial charge in [-0.05, 0) is 75.8 Å². The number of likely N-dealkylation sites (tertiary alicyclic amines) is 1. The summed E-state index contributed by atoms with van der Waals surface area (Å²) >= 11 is 0. The van der Waals surface area contributed by atoms with Gasteiger partial charge in [0, 0.05) is 44.0 Å². The number of carbonyl (C=O) groups is 1. The van der Waals surface area contributed by atoms with Gasteiger partial charge in [0.2, 0.25) is 0 Å². The molecule has 2 aromatic rings. The molecule has 1 amide bonds. The zero-order chi connectivity index (χ0) is 25.7. The molecule has 3 heterocycles. The summed E-state index contributed by atoms with van der Waals surface area (Å²) in [6, 6.07) is 8.08. The number of alkyl halides is 3. The second-order valence-electron chi connectivity index (χ2n) is 10.5. The highest BCUT2D eigenvalue weighted by molar-refractivity contribution is 5.95. The molecule has 1 saturated heterocycles. The quantitative estimate of drug-likeness (QED) is 0.544. The predicted molar refractivity (Wildman–Crippen MR) is 129 cm³/mol. The zero-order valence-corrected chi connectivity index (χ0v) is 21.1. The molecule has 0 bridgehead atoms. The minimum absolute atomic E-state index is 0.0235. The van der Waals surface area contributed by atoms with E-state index in [4.69, 9.17) is 9.47 Å². The van der Waals surface area contributed by atoms with Crippen molar-refractivity contribution >= 4 is 5.91 Å². The largest absolute Gasteiger partial charge is 0.493 e. The molecule has 1 saturated carbocycles. The van der Waals surface area contributed by atoms with Gasteiger partial charge in [0.05, 0.1) is 18.8 Å². The molecule has 0 N–H and O–H groups in total. The van der Waals surface area contributed by atoms with Crippen molar-refractivity contribution in [2.45, 2.75) is 63.9 Å². The van der Waals surface area contributed by atoms with E-state index in [-0.39, 0.29) is 12.0 Å². The number of aromatic nitrogens is 1. The molecule has 36 heavy (non-hydrogen) atoms. The molecule has 2 aliphatic heterocycles. The first-order valence-electron chi connectivity index (χ1n) is 12.8. The smallest absolute Gasteiger partial charge is 0.431 e. The zero-order valence-electron chi connectivity index (χ0n) is 21.1. The van der Waals surface area contributed by atoms with E-state index in [0.717, 1.165) is 12.2 Å². The molecule has 0 unspecified atom stereocenters. The number of amides is 1. The first kappa shape index (κ1) is 25.0. The summed E-state index contributed by atoms with van der Waals surface area (Å²) in [6.07, 6.45) is -0.810. The van der Waals surface area contributed by atoms with Gasteiger partial charge >= 0.3 is 6.18 Å². The van der Waals surface area contributed by atoms with Crippen molar-refractivity contribution in [1.29, 1.82) is 0 Å². The first-order valence-corrected chi connectivity index (χ1v) is 12.8. The van der Waals surface area contributed by atoms with Crippen LogP contribution in [0.2, 0.25) is 0 Å². The lowest BCUT2D eigenvalue weighted by Crippen LogP contribution is -2.58. The van der Waals surface area contributed by atoms with Crippen LogP contribution in [0.3, 0.4) is 0 Å². The maximum Gasteiger partial charge on any atom is 0.431 e. The fourth-order valence-corrected chi connectivity index (χ4v) is 5.82. The summed E-state index contributed by atoms with van der Waals surface area (Å²) in [7, 11) is 1.54. The van der Waals surface area contributed by atoms with Gasteiger partial charge in [-0.1, -0.05) is 0 Å². The van der Waals surface area contributed by atoms with Crippen molar-refractivity contribution in [2.24, 2.45) is 5.92 Å². The molecule has 1 aromatic carbocycles. The highest BCUT2D eigenvalue weighted by Crippen LogP contribution is 2.46. The van der Waals surface area contributed by atoms with Gasteiger partial charge in [0.15, 0.2) is 11.5 Å². The lowest BCUT2D eigenvalue weighted by Gasteiger charge is -2.52. The maximum atomic E-state index is 13.7. The number of ether oxygens (including phenoxy) is 2. The molecule has 6 nitrogen and oxygen atoms in total. The van der Waals surface area contributed by atoms with E-state index in [1.54, 1.807) is 31.4 Å². The van der Waals surface area contributed by atoms with E-state index in [0.29, 0.717) is 62.0 Å². The Hall–Kier alpha value is -2.68. The van der Waals surface area contributed by atoms with Gasteiger partial charge in [0.1, 0.15) is 5.69 Å². The van der Waals surface area contributed by atoms with E-state index in [1.807, 2.05) is 18.7 Å². The van der Waals surface area contributed by atoms with Crippen LogP contribution in [0.25, 0.3) is 0 Å². The van der Waals surface area contributed by atoms with Crippen LogP contribution in [-0.2, 0) is 18.3 Å². The van der Waals surface area contributed by atoms with E-state index < -0.39 is 17.4 Å². The van der Waals surface area contributed by atoms with Crippen LogP contribution in [0.5, 0.6) is 11.5 Å². The number of hydrogen-bond acceptors (Lipinski definition) is 4. The number of halogens is 3. The van der Waals surface area contributed by atoms with Crippen LogP contribution in [0.15, 0.2) is 30.3 Å². The third-order valence-corrected chi connectivity index (χ3v) is 7.77. The van der Waals surface area contributed by atoms with Gasteiger partial charge in [0.25, 0.3) is 5.91 Å². The number of hydrogen-bond donors (Lipinski definition) is 0. The summed E-state index contributed by atoms with van der Waals surface area (Å²) in [5.74, 6) is 1.61. The molecule has 1 aliphatic carbocycles. The molecule has 1 spiro atoms. The van der Waals surface area contributed by atoms with E-state index in [2.05, 4.69) is 4.90 Å². The van der Waals surface area contributed by atoms with Crippen LogP contribution < -0.4 is 9.47 Å². The SMILES string of the molecule is COc1cc(C(=O)N2CCC3(CC2)c2ccc(C(F)(F)F)n2CCN3CC2CC2)ccc1OC(C)C. The van der Waals surface area contributed by atoms with Gasteiger partial charge in [-0.25, -0.2) is 0 Å². The maximum absolute atomic E-state index is 13.7. The Labute approximate surface area is 209 Å². The molecule has 196 valence electrons. The van der Waals surface area contributed by atoms with Crippen LogP contribution >= 0.6 is 0 Å². The minimum atomic E-state index is -4.38. The Morgan fingerprint density at radius 1 is 1.06 bits per heavy atom. The normalized spacial score (nSPS) is 20.0. The van der Waals surface area contributed by atoms with Crippen molar-refractivity contribution in [1.82, 2.24) is 14.4 Å². The summed E-state index contributed by atoms with van der Waals surface area (Å²) in [4.78, 5) is 17.6. The van der Waals surface area contributed by atoms with Crippen LogP contribution in [0.1, 0.15) is 61.3 Å². The Morgan fingerprint density at radius 2 is 1.78 bits per heavy atom. The highest BCUT2D eigenvalue weighted by atomic mass is 19.4. The predicted octanol–water partition coefficient (Wildman–Crippen LogP) is 5.16. The molecule has 1 aromatic heterocycles. The minimum Gasteiger partial charge on any atom is -0.493 e. The first-order chi connectivity index (χ1) is 17.1. The van der Waals surface area contributed by atoms with Crippen molar-refractivity contribution in [3.63, 3.8) is 0 Å². The average Bonchev–Trinajstić information content (AvgIpc) is 3.54. The van der Waals surface area contributed by atoms with E-state index >= 15 is 0 Å². The Balaban J connectivity index is 1.38. The van der Waals surface area contributed by atoms with Crippen molar-refractivity contribution in [2.75, 3.05) is 33.3 Å². The third-order valence-electron chi connectivity index (χ3n) is 7.77. The second-order valence-corrected chi connectivity index (χ2v) is 10.5. The highest BCUT2D eigenvalue weighted by Gasteiger charge is 2.49. The summed E-state index contributed by atoms with van der Waals surface area (Å²) in [5.41, 5.74) is 0.205. The summed E-state index contributed by atoms with van der Waals surface area (Å²) < 4.78 is 53.7. The lowest BCUT2D eigenvalue weighted by molar-refractivity contribution is -0.145. The molecule has 2 fully saturated rings. The van der Waals surface area contributed by atoms with Crippen LogP contribution in [0.4, 0.5) is 13.2 Å². The number of benzene rings is 1. The van der Waals surface area contributed by atoms with E-state index in [9.17, 15) is 18.0 Å². The van der Waals surface area contributed by atoms with Crippen molar-refractivity contribution in [3.8, 4) is 11.5 Å². The number of methoxy groups -OCH3 is 1. The fraction of sp³-hybridized carbons (Fsp3) is 0.593. The number of rotatable bonds is 6. The molecule has 9 heteroatoms. The Bertz CT molecular complexity index is 1120. The third kappa shape index (κ3) is 4.58. The lowest BCUT2D eigenvalue weighted by atomic mass is 9.80. The number of nitrogens with zero attached hydrogens (tertiary/aromatic N) is 3. The van der Waals surface area contributed by atoms with Gasteiger partial charge < -0.3 is 18.9 Å². The van der Waals surface area contributed by atoms with Crippen molar-refractivity contribution in [3.05, 3.63) is 47.3 Å². The Morgan fingerprint density at radius 3 is 2.39 bits per heavy atom. The summed E-state index contributed by atoms with van der Waals surface area (Å²) in [5, 5.41) is 0. The number of carbonyl (C=O) groups excluding carboxylic acids is 1. The Kier molecular flexibility index (Phi) is 6.47. The van der Waals surface area contributed by atoms with Crippen LogP contribution in [0, 0.1) is 5.92 Å². The average molecular weight is 506 g/mol.